The zero-order chi connectivity index (χ0) is 23.4. The number of sulfonamides is 1. The van der Waals surface area contributed by atoms with Crippen LogP contribution in [-0.4, -0.2) is 27.1 Å². The molecule has 0 radical (unpaired) electrons. The Hall–Kier alpha value is -3.64. The molecule has 0 aliphatic rings. The van der Waals surface area contributed by atoms with Crippen LogP contribution in [0.25, 0.3) is 10.8 Å². The molecule has 0 bridgehead atoms. The Morgan fingerprint density at radius 1 is 0.848 bits per heavy atom. The fraction of sp³-hybridized carbons (Fsp3) is 0.148. The van der Waals surface area contributed by atoms with Crippen LogP contribution in [0.5, 0.6) is 0 Å². The highest BCUT2D eigenvalue weighted by molar-refractivity contribution is 7.92. The first-order valence-corrected chi connectivity index (χ1v) is 12.5. The number of carbonyl (C=O) groups excluding carboxylic acids is 1. The van der Waals surface area contributed by atoms with Gasteiger partial charge in [0.1, 0.15) is 6.54 Å². The zero-order valence-electron chi connectivity index (χ0n) is 18.6. The third kappa shape index (κ3) is 5.07. The number of fused-ring (bicyclic) bond motifs is 1. The molecule has 0 aliphatic heterocycles. The molecule has 0 aromatic heterocycles. The van der Waals surface area contributed by atoms with E-state index in [1.54, 1.807) is 12.1 Å². The van der Waals surface area contributed by atoms with Crippen molar-refractivity contribution in [2.45, 2.75) is 13.0 Å². The summed E-state index contributed by atoms with van der Waals surface area (Å²) in [4.78, 5) is 13.3. The van der Waals surface area contributed by atoms with Crippen LogP contribution >= 0.6 is 0 Å². The molecule has 5 nitrogen and oxygen atoms in total. The molecule has 0 aliphatic carbocycles. The van der Waals surface area contributed by atoms with E-state index in [4.69, 9.17) is 0 Å². The molecule has 0 saturated carbocycles. The molecule has 1 N–H and O–H groups in total. The van der Waals surface area contributed by atoms with E-state index < -0.39 is 16.1 Å². The molecule has 6 heteroatoms. The molecule has 0 saturated heterocycles. The fourth-order valence-corrected chi connectivity index (χ4v) is 4.91. The molecular formula is C27H26N2O3S. The minimum atomic E-state index is -3.71. The van der Waals surface area contributed by atoms with Crippen molar-refractivity contribution in [2.24, 2.45) is 0 Å². The van der Waals surface area contributed by atoms with Crippen molar-refractivity contribution < 1.29 is 13.2 Å². The van der Waals surface area contributed by atoms with Crippen LogP contribution in [0.3, 0.4) is 0 Å². The molecule has 1 amide bonds. The van der Waals surface area contributed by atoms with Crippen LogP contribution in [-0.2, 0) is 14.8 Å². The van der Waals surface area contributed by atoms with Gasteiger partial charge >= 0.3 is 0 Å². The van der Waals surface area contributed by atoms with Gasteiger partial charge in [-0.2, -0.15) is 0 Å². The van der Waals surface area contributed by atoms with E-state index in [2.05, 4.69) is 5.32 Å². The van der Waals surface area contributed by atoms with Gasteiger partial charge in [-0.15, -0.1) is 0 Å². The predicted octanol–water partition coefficient (Wildman–Crippen LogP) is 4.82. The molecule has 4 aromatic rings. The van der Waals surface area contributed by atoms with E-state index >= 15 is 0 Å². The molecule has 0 fully saturated rings. The Morgan fingerprint density at radius 3 is 2.21 bits per heavy atom. The maximum Gasteiger partial charge on any atom is 0.241 e. The fourth-order valence-electron chi connectivity index (χ4n) is 4.04. The Bertz CT molecular complexity index is 1380. The summed E-state index contributed by atoms with van der Waals surface area (Å²) < 4.78 is 26.6. The van der Waals surface area contributed by atoms with Gasteiger partial charge < -0.3 is 5.32 Å². The molecule has 4 aromatic carbocycles. The van der Waals surface area contributed by atoms with Gasteiger partial charge in [0, 0.05) is 5.39 Å². The molecule has 1 unspecified atom stereocenters. The number of benzene rings is 4. The van der Waals surface area contributed by atoms with Crippen LogP contribution in [0.4, 0.5) is 5.69 Å². The van der Waals surface area contributed by atoms with Crippen molar-refractivity contribution in [3.63, 3.8) is 0 Å². The van der Waals surface area contributed by atoms with Crippen molar-refractivity contribution in [1.29, 1.82) is 0 Å². The van der Waals surface area contributed by atoms with E-state index in [1.807, 2.05) is 91.9 Å². The molecule has 1 atom stereocenters. The molecular weight excluding hydrogens is 432 g/mol. The number of amides is 1. The van der Waals surface area contributed by atoms with Crippen LogP contribution in [0.15, 0.2) is 97.1 Å². The van der Waals surface area contributed by atoms with Gasteiger partial charge in [-0.25, -0.2) is 8.42 Å². The SMILES string of the molecule is Cc1ccccc1C(NC(=O)CN(c1cccc2ccccc12)S(C)(=O)=O)c1ccccc1. The third-order valence-electron chi connectivity index (χ3n) is 5.66. The van der Waals surface area contributed by atoms with Gasteiger partial charge in [0.2, 0.25) is 15.9 Å². The summed E-state index contributed by atoms with van der Waals surface area (Å²) >= 11 is 0. The number of rotatable bonds is 7. The van der Waals surface area contributed by atoms with Crippen molar-refractivity contribution in [3.8, 4) is 0 Å². The summed E-state index contributed by atoms with van der Waals surface area (Å²) in [5.74, 6) is -0.384. The summed E-state index contributed by atoms with van der Waals surface area (Å²) in [6.07, 6.45) is 1.12. The normalized spacial score (nSPS) is 12.3. The highest BCUT2D eigenvalue weighted by atomic mass is 32.2. The molecule has 168 valence electrons. The second kappa shape index (κ2) is 9.46. The Labute approximate surface area is 194 Å². The maximum atomic E-state index is 13.3. The van der Waals surface area contributed by atoms with E-state index in [1.165, 1.54) is 4.31 Å². The van der Waals surface area contributed by atoms with E-state index in [-0.39, 0.29) is 12.5 Å². The second-order valence-electron chi connectivity index (χ2n) is 8.04. The molecule has 33 heavy (non-hydrogen) atoms. The third-order valence-corrected chi connectivity index (χ3v) is 6.79. The highest BCUT2D eigenvalue weighted by Crippen LogP contribution is 2.29. The number of carbonyl (C=O) groups is 1. The Kier molecular flexibility index (Phi) is 6.47. The van der Waals surface area contributed by atoms with E-state index in [9.17, 15) is 13.2 Å². The zero-order valence-corrected chi connectivity index (χ0v) is 19.4. The van der Waals surface area contributed by atoms with Gasteiger partial charge in [0.15, 0.2) is 0 Å². The van der Waals surface area contributed by atoms with Gasteiger partial charge in [0.25, 0.3) is 0 Å². The molecule has 0 heterocycles. The minimum Gasteiger partial charge on any atom is -0.344 e. The lowest BCUT2D eigenvalue weighted by Crippen LogP contribution is -2.42. The summed E-state index contributed by atoms with van der Waals surface area (Å²) in [7, 11) is -3.71. The number of anilines is 1. The lowest BCUT2D eigenvalue weighted by Gasteiger charge is -2.26. The number of hydrogen-bond acceptors (Lipinski definition) is 3. The number of nitrogens with one attached hydrogen (secondary N) is 1. The number of aryl methyl sites for hydroxylation is 1. The Morgan fingerprint density at radius 2 is 1.48 bits per heavy atom. The van der Waals surface area contributed by atoms with E-state index in [0.717, 1.165) is 33.7 Å². The van der Waals surface area contributed by atoms with Gasteiger partial charge in [0.05, 0.1) is 18.0 Å². The van der Waals surface area contributed by atoms with Gasteiger partial charge in [-0.3, -0.25) is 9.10 Å². The quantitative estimate of drug-likeness (QED) is 0.432. The minimum absolute atomic E-state index is 0.317. The summed E-state index contributed by atoms with van der Waals surface area (Å²) in [5.41, 5.74) is 3.42. The largest absolute Gasteiger partial charge is 0.344 e. The first-order chi connectivity index (χ1) is 15.8. The van der Waals surface area contributed by atoms with Crippen molar-refractivity contribution in [2.75, 3.05) is 17.1 Å². The summed E-state index contributed by atoms with van der Waals surface area (Å²) in [5, 5.41) is 4.75. The smallest absolute Gasteiger partial charge is 0.241 e. The van der Waals surface area contributed by atoms with Crippen LogP contribution < -0.4 is 9.62 Å². The van der Waals surface area contributed by atoms with E-state index in [0.29, 0.717) is 5.69 Å². The average Bonchev–Trinajstić information content (AvgIpc) is 2.81. The lowest BCUT2D eigenvalue weighted by atomic mass is 9.95. The second-order valence-corrected chi connectivity index (χ2v) is 9.94. The molecule has 0 spiro atoms. The predicted molar refractivity (Wildman–Crippen MR) is 134 cm³/mol. The highest BCUT2D eigenvalue weighted by Gasteiger charge is 2.25. The Balaban J connectivity index is 1.69. The monoisotopic (exact) mass is 458 g/mol. The van der Waals surface area contributed by atoms with Crippen molar-refractivity contribution >= 4 is 32.4 Å². The van der Waals surface area contributed by atoms with Crippen LogP contribution in [0.2, 0.25) is 0 Å². The first kappa shape index (κ1) is 22.6. The molecule has 4 rings (SSSR count). The summed E-state index contributed by atoms with van der Waals surface area (Å²) in [6.45, 7) is 1.68. The maximum absolute atomic E-state index is 13.3. The summed E-state index contributed by atoms with van der Waals surface area (Å²) in [6, 6.07) is 30.1. The van der Waals surface area contributed by atoms with Crippen molar-refractivity contribution in [1.82, 2.24) is 5.32 Å². The van der Waals surface area contributed by atoms with Gasteiger partial charge in [-0.1, -0.05) is 91.0 Å². The van der Waals surface area contributed by atoms with Crippen LogP contribution in [0.1, 0.15) is 22.7 Å². The number of nitrogens with zero attached hydrogens (tertiary/aromatic N) is 1. The van der Waals surface area contributed by atoms with Gasteiger partial charge in [-0.05, 0) is 35.1 Å². The van der Waals surface area contributed by atoms with Crippen LogP contribution in [0, 0.1) is 6.92 Å². The standard InChI is InChI=1S/C27H26N2O3S/c1-20-11-6-8-16-23(20)27(22-13-4-3-5-14-22)28-26(30)19-29(33(2,31)32)25-18-10-15-21-12-7-9-17-24(21)25/h3-18,27H,19H2,1-2H3,(H,28,30). The first-order valence-electron chi connectivity index (χ1n) is 10.7. The lowest BCUT2D eigenvalue weighted by molar-refractivity contribution is -0.120. The topological polar surface area (TPSA) is 66.5 Å². The average molecular weight is 459 g/mol. The number of hydrogen-bond donors (Lipinski definition) is 1. The van der Waals surface area contributed by atoms with Crippen molar-refractivity contribution in [3.05, 3.63) is 114 Å².